The van der Waals surface area contributed by atoms with Gasteiger partial charge in [0.25, 0.3) is 5.91 Å². The lowest BCUT2D eigenvalue weighted by Gasteiger charge is -2.26. The number of aryl methyl sites for hydroxylation is 1. The number of carbonyl (C=O) groups is 1. The molecule has 4 rings (SSSR count). The van der Waals surface area contributed by atoms with Crippen LogP contribution in [0.15, 0.2) is 45.6 Å². The molecule has 6 heteroatoms. The van der Waals surface area contributed by atoms with E-state index in [9.17, 15) is 9.59 Å². The van der Waals surface area contributed by atoms with Gasteiger partial charge in [-0.1, -0.05) is 49.7 Å². The highest BCUT2D eigenvalue weighted by Crippen LogP contribution is 2.39. The maximum Gasteiger partial charge on any atom is 0.290 e. The average Bonchev–Trinajstić information content (AvgIpc) is 3.02. The third-order valence-corrected chi connectivity index (χ3v) is 6.58. The van der Waals surface area contributed by atoms with Crippen LogP contribution in [0, 0.1) is 6.92 Å². The van der Waals surface area contributed by atoms with Crippen molar-refractivity contribution in [3.8, 4) is 0 Å². The predicted octanol–water partition coefficient (Wildman–Crippen LogP) is 5.38. The zero-order chi connectivity index (χ0) is 23.2. The van der Waals surface area contributed by atoms with E-state index in [1.165, 1.54) is 5.56 Å². The molecule has 0 N–H and O–H groups in total. The van der Waals surface area contributed by atoms with E-state index in [2.05, 4.69) is 30.9 Å². The molecule has 32 heavy (non-hydrogen) atoms. The summed E-state index contributed by atoms with van der Waals surface area (Å²) in [5.41, 5.74) is 3.54. The molecule has 0 fully saturated rings. The molecular formula is C26H29ClN2O3. The summed E-state index contributed by atoms with van der Waals surface area (Å²) in [6, 6.07) is 11.1. The quantitative estimate of drug-likeness (QED) is 0.504. The number of rotatable bonds is 6. The van der Waals surface area contributed by atoms with Crippen molar-refractivity contribution in [3.05, 3.63) is 79.7 Å². The van der Waals surface area contributed by atoms with Gasteiger partial charge in [0.05, 0.1) is 17.0 Å². The van der Waals surface area contributed by atoms with Gasteiger partial charge in [-0.3, -0.25) is 9.59 Å². The van der Waals surface area contributed by atoms with Crippen LogP contribution < -0.4 is 5.43 Å². The molecule has 0 saturated heterocycles. The summed E-state index contributed by atoms with van der Waals surface area (Å²) in [6.45, 7) is 7.51. The minimum absolute atomic E-state index is 0.145. The van der Waals surface area contributed by atoms with Gasteiger partial charge in [0.2, 0.25) is 5.76 Å². The Labute approximate surface area is 193 Å². The molecule has 0 bridgehead atoms. The van der Waals surface area contributed by atoms with Crippen LogP contribution in [0.2, 0.25) is 5.02 Å². The van der Waals surface area contributed by atoms with Crippen molar-refractivity contribution in [2.24, 2.45) is 0 Å². The lowest BCUT2D eigenvalue weighted by Crippen LogP contribution is -2.32. The molecule has 168 valence electrons. The molecule has 1 aliphatic heterocycles. The van der Waals surface area contributed by atoms with Crippen molar-refractivity contribution in [2.45, 2.75) is 39.2 Å². The lowest BCUT2D eigenvalue weighted by atomic mass is 9.95. The Hall–Kier alpha value is -2.63. The molecule has 0 spiro atoms. The van der Waals surface area contributed by atoms with Crippen molar-refractivity contribution in [1.29, 1.82) is 0 Å². The Bertz CT molecular complexity index is 1230. The second-order valence-electron chi connectivity index (χ2n) is 9.15. The Morgan fingerprint density at radius 3 is 2.44 bits per heavy atom. The summed E-state index contributed by atoms with van der Waals surface area (Å²) in [7, 11) is 4.01. The second kappa shape index (κ2) is 8.72. The topological polar surface area (TPSA) is 53.8 Å². The van der Waals surface area contributed by atoms with E-state index in [4.69, 9.17) is 16.0 Å². The number of hydrogen-bond donors (Lipinski definition) is 0. The summed E-state index contributed by atoms with van der Waals surface area (Å²) in [4.78, 5) is 30.9. The summed E-state index contributed by atoms with van der Waals surface area (Å²) in [5, 5.41) is 0.917. The van der Waals surface area contributed by atoms with E-state index in [0.29, 0.717) is 34.0 Å². The molecule has 5 nitrogen and oxygen atoms in total. The first kappa shape index (κ1) is 22.6. The molecular weight excluding hydrogens is 424 g/mol. The predicted molar refractivity (Wildman–Crippen MR) is 129 cm³/mol. The summed E-state index contributed by atoms with van der Waals surface area (Å²) in [6.07, 6.45) is 0.798. The van der Waals surface area contributed by atoms with Crippen molar-refractivity contribution < 1.29 is 9.21 Å². The molecule has 3 aromatic rings. The highest BCUT2D eigenvalue weighted by Gasteiger charge is 2.42. The number of nitrogens with zero attached hydrogens (tertiary/aromatic N) is 2. The van der Waals surface area contributed by atoms with Crippen molar-refractivity contribution >= 4 is 28.5 Å². The fourth-order valence-electron chi connectivity index (χ4n) is 4.34. The fourth-order valence-corrected chi connectivity index (χ4v) is 4.50. The Balaban J connectivity index is 1.88. The van der Waals surface area contributed by atoms with E-state index in [-0.39, 0.29) is 17.1 Å². The molecule has 1 aliphatic rings. The van der Waals surface area contributed by atoms with Gasteiger partial charge in [-0.25, -0.2) is 0 Å². The molecule has 1 amide bonds. The van der Waals surface area contributed by atoms with Crippen LogP contribution in [0.25, 0.3) is 11.0 Å². The van der Waals surface area contributed by atoms with Gasteiger partial charge in [0, 0.05) is 11.6 Å². The SMILES string of the molecule is Cc1cc2oc3c(c(=O)c2cc1Cl)C(c1ccc(C(C)C)cc1)N(CCCN(C)C)C3=O. The lowest BCUT2D eigenvalue weighted by molar-refractivity contribution is 0.0722. The minimum Gasteiger partial charge on any atom is -0.450 e. The highest BCUT2D eigenvalue weighted by molar-refractivity contribution is 6.32. The van der Waals surface area contributed by atoms with Crippen LogP contribution >= 0.6 is 11.6 Å². The van der Waals surface area contributed by atoms with Crippen LogP contribution in [-0.2, 0) is 0 Å². The van der Waals surface area contributed by atoms with E-state index in [0.717, 1.165) is 24.1 Å². The average molecular weight is 453 g/mol. The first-order chi connectivity index (χ1) is 15.2. The fraction of sp³-hybridized carbons (Fsp3) is 0.385. The Kier molecular flexibility index (Phi) is 6.15. The molecule has 0 saturated carbocycles. The molecule has 1 atom stereocenters. The summed E-state index contributed by atoms with van der Waals surface area (Å²) >= 11 is 6.30. The van der Waals surface area contributed by atoms with Gasteiger partial charge >= 0.3 is 0 Å². The summed E-state index contributed by atoms with van der Waals surface area (Å²) in [5.74, 6) is 0.312. The number of amides is 1. The van der Waals surface area contributed by atoms with Gasteiger partial charge in [0.15, 0.2) is 5.43 Å². The smallest absolute Gasteiger partial charge is 0.290 e. The largest absolute Gasteiger partial charge is 0.450 e. The van der Waals surface area contributed by atoms with E-state index < -0.39 is 6.04 Å². The van der Waals surface area contributed by atoms with Crippen molar-refractivity contribution in [1.82, 2.24) is 9.80 Å². The molecule has 1 aromatic heterocycles. The van der Waals surface area contributed by atoms with Gasteiger partial charge in [-0.15, -0.1) is 0 Å². The first-order valence-corrected chi connectivity index (χ1v) is 11.4. The molecule has 1 unspecified atom stereocenters. The first-order valence-electron chi connectivity index (χ1n) is 11.0. The number of carbonyl (C=O) groups excluding carboxylic acids is 1. The van der Waals surface area contributed by atoms with Crippen LogP contribution in [-0.4, -0.2) is 42.9 Å². The van der Waals surface area contributed by atoms with Crippen molar-refractivity contribution in [3.63, 3.8) is 0 Å². The van der Waals surface area contributed by atoms with Crippen LogP contribution in [0.3, 0.4) is 0 Å². The second-order valence-corrected chi connectivity index (χ2v) is 9.56. The highest BCUT2D eigenvalue weighted by atomic mass is 35.5. The van der Waals surface area contributed by atoms with E-state index in [1.54, 1.807) is 17.0 Å². The number of benzene rings is 2. The Morgan fingerprint density at radius 2 is 1.81 bits per heavy atom. The third-order valence-electron chi connectivity index (χ3n) is 6.17. The summed E-state index contributed by atoms with van der Waals surface area (Å²) < 4.78 is 6.04. The maximum absolute atomic E-state index is 13.6. The Morgan fingerprint density at radius 1 is 1.12 bits per heavy atom. The van der Waals surface area contributed by atoms with E-state index in [1.807, 2.05) is 33.2 Å². The minimum atomic E-state index is -0.471. The monoisotopic (exact) mass is 452 g/mol. The molecule has 2 aromatic carbocycles. The van der Waals surface area contributed by atoms with Crippen LogP contribution in [0.4, 0.5) is 0 Å². The standard InChI is InChI=1S/C26H29ClN2O3/c1-15(2)17-7-9-18(10-8-17)23-22-24(30)19-14-20(27)16(3)13-21(19)32-25(22)26(31)29(23)12-6-11-28(4)5/h7-10,13-15,23H,6,11-12H2,1-5H3. The zero-order valence-electron chi connectivity index (χ0n) is 19.2. The van der Waals surface area contributed by atoms with Gasteiger partial charge < -0.3 is 14.2 Å². The van der Waals surface area contributed by atoms with Crippen LogP contribution in [0.1, 0.15) is 65.0 Å². The number of halogens is 1. The number of hydrogen-bond acceptors (Lipinski definition) is 4. The van der Waals surface area contributed by atoms with Gasteiger partial charge in [-0.05, 0) is 68.7 Å². The number of fused-ring (bicyclic) bond motifs is 2. The van der Waals surface area contributed by atoms with Gasteiger partial charge in [-0.2, -0.15) is 0 Å². The molecule has 0 radical (unpaired) electrons. The normalized spacial score (nSPS) is 15.9. The molecule has 2 heterocycles. The third kappa shape index (κ3) is 3.96. The van der Waals surface area contributed by atoms with E-state index >= 15 is 0 Å². The van der Waals surface area contributed by atoms with Crippen molar-refractivity contribution in [2.75, 3.05) is 27.2 Å². The maximum atomic E-state index is 13.6. The van der Waals surface area contributed by atoms with Gasteiger partial charge in [0.1, 0.15) is 5.58 Å². The zero-order valence-corrected chi connectivity index (χ0v) is 20.0. The molecule has 0 aliphatic carbocycles. The van der Waals surface area contributed by atoms with Crippen LogP contribution in [0.5, 0.6) is 0 Å².